The van der Waals surface area contributed by atoms with Crippen LogP contribution in [0.1, 0.15) is 159 Å². The van der Waals surface area contributed by atoms with E-state index in [9.17, 15) is 28.8 Å². The van der Waals surface area contributed by atoms with Crippen LogP contribution in [-0.4, -0.2) is 159 Å². The lowest BCUT2D eigenvalue weighted by molar-refractivity contribution is -0.137. The van der Waals surface area contributed by atoms with E-state index < -0.39 is 40.9 Å². The highest BCUT2D eigenvalue weighted by molar-refractivity contribution is 6.25. The molecule has 452 valence electrons. The summed E-state index contributed by atoms with van der Waals surface area (Å²) >= 11 is 0. The molecule has 0 radical (unpaired) electrons. The Hall–Kier alpha value is -7.58. The number of hydrogen-bond acceptors (Lipinski definition) is 13. The maximum atomic E-state index is 16.0. The fourth-order valence-electron chi connectivity index (χ4n) is 15.4. The number of fused-ring (bicyclic) bond motifs is 4. The number of nitrogens with zero attached hydrogens (tertiary/aromatic N) is 9. The van der Waals surface area contributed by atoms with Crippen molar-refractivity contribution in [3.8, 4) is 11.3 Å². The number of imidazole rings is 1. The average molecular weight is 1170 g/mol. The number of carbonyl (C=O) groups excluding carboxylic acids is 7. The molecular weight excluding hydrogens is 1090 g/mol. The third-order valence-corrected chi connectivity index (χ3v) is 20.0. The molecule has 7 aliphatic heterocycles. The van der Waals surface area contributed by atoms with Gasteiger partial charge in [0.15, 0.2) is 5.82 Å². The second-order valence-electron chi connectivity index (χ2n) is 26.3. The number of imide groups is 2. The molecule has 20 heteroatoms. The van der Waals surface area contributed by atoms with Gasteiger partial charge in [0.25, 0.3) is 17.7 Å². The van der Waals surface area contributed by atoms with E-state index in [0.717, 1.165) is 93.1 Å². The topological polar surface area (TPSA) is 206 Å². The van der Waals surface area contributed by atoms with Crippen molar-refractivity contribution in [3.63, 3.8) is 0 Å². The van der Waals surface area contributed by atoms with E-state index in [1.54, 1.807) is 31.5 Å². The molecular formula is C66H79FN12O7. The number of carbonyl (C=O) groups is 7. The number of nitrogens with one attached hydrogen (secondary N) is 3. The van der Waals surface area contributed by atoms with Gasteiger partial charge in [0.1, 0.15) is 17.4 Å². The van der Waals surface area contributed by atoms with Crippen LogP contribution in [0.5, 0.6) is 0 Å². The largest absolute Gasteiger partial charge is 0.371 e. The first-order chi connectivity index (χ1) is 41.4. The Morgan fingerprint density at radius 3 is 2.35 bits per heavy atom. The second kappa shape index (κ2) is 22.9. The van der Waals surface area contributed by atoms with Gasteiger partial charge in [-0.05, 0) is 178 Å². The quantitative estimate of drug-likeness (QED) is 0.0897. The van der Waals surface area contributed by atoms with Crippen LogP contribution in [0.25, 0.3) is 22.3 Å². The van der Waals surface area contributed by atoms with Gasteiger partial charge in [0, 0.05) is 93.1 Å². The fraction of sp³-hybridized carbons (Fsp3) is 0.530. The van der Waals surface area contributed by atoms with Crippen LogP contribution in [-0.2, 0) is 24.6 Å². The van der Waals surface area contributed by atoms with Crippen molar-refractivity contribution in [1.29, 1.82) is 0 Å². The molecule has 1 aliphatic carbocycles. The summed E-state index contributed by atoms with van der Waals surface area (Å²) in [5, 5.41) is 8.50. The highest BCUT2D eigenvalue weighted by atomic mass is 19.1. The van der Waals surface area contributed by atoms with Crippen LogP contribution < -0.4 is 25.8 Å². The third-order valence-electron chi connectivity index (χ3n) is 20.0. The molecule has 13 rings (SSSR count). The molecule has 1 spiro atoms. The average Bonchev–Trinajstić information content (AvgIpc) is 2.42. The van der Waals surface area contributed by atoms with Crippen molar-refractivity contribution < 1.29 is 38.0 Å². The fourth-order valence-corrected chi connectivity index (χ4v) is 15.4. The van der Waals surface area contributed by atoms with E-state index in [2.05, 4.69) is 61.5 Å². The van der Waals surface area contributed by atoms with Crippen molar-refractivity contribution >= 4 is 75.3 Å². The normalized spacial score (nSPS) is 24.3. The minimum absolute atomic E-state index is 0.0106. The minimum Gasteiger partial charge on any atom is -0.371 e. The molecule has 19 nitrogen and oxygen atoms in total. The van der Waals surface area contributed by atoms with Gasteiger partial charge in [-0.2, -0.15) is 0 Å². The van der Waals surface area contributed by atoms with Crippen molar-refractivity contribution in [2.45, 2.75) is 154 Å². The Bertz CT molecular complexity index is 3580. The lowest BCUT2D eigenvalue weighted by Gasteiger charge is -2.48. The zero-order valence-corrected chi connectivity index (χ0v) is 50.1. The number of amides is 7. The summed E-state index contributed by atoms with van der Waals surface area (Å²) in [6, 6.07) is 15.8. The maximum Gasteiger partial charge on any atom is 0.264 e. The minimum atomic E-state index is -1.02. The third kappa shape index (κ3) is 10.4. The van der Waals surface area contributed by atoms with Crippen LogP contribution in [0.3, 0.4) is 0 Å². The summed E-state index contributed by atoms with van der Waals surface area (Å²) in [6.45, 7) is 16.8. The summed E-state index contributed by atoms with van der Waals surface area (Å²) in [4.78, 5) is 118. The monoisotopic (exact) mass is 1170 g/mol. The SMILES string of the molecule is Cc1cc(F)c(Nc2nc(-c3ccc4c(c3)N([C@H]3C[C@@H](N5CCCCC5)C3)C(=O)C43CCN(C(=O)C[C@@H]4CCCN(CC5CCN(c6cccc7c6C(=O)N(C6CCC(=O)NC6=O)C7=O)C5)C4)CC3)cc3ncn(C(C)C)c23)cc1C(=O)NC(C)C. The van der Waals surface area contributed by atoms with E-state index in [0.29, 0.717) is 95.8 Å². The smallest absolute Gasteiger partial charge is 0.264 e. The molecule has 5 aromatic rings. The summed E-state index contributed by atoms with van der Waals surface area (Å²) in [5.74, 6) is -1.69. The Morgan fingerprint density at radius 1 is 0.802 bits per heavy atom. The molecule has 2 aromatic heterocycles. The first-order valence-corrected chi connectivity index (χ1v) is 31.5. The number of anilines is 4. The number of aromatic nitrogens is 3. The van der Waals surface area contributed by atoms with E-state index >= 15 is 9.18 Å². The molecule has 0 bridgehead atoms. The lowest BCUT2D eigenvalue weighted by Crippen LogP contribution is -2.58. The summed E-state index contributed by atoms with van der Waals surface area (Å²) in [5.41, 5.74) is 6.17. The number of piperidine rings is 4. The van der Waals surface area contributed by atoms with Crippen molar-refractivity contribution in [1.82, 2.24) is 44.8 Å². The predicted molar refractivity (Wildman–Crippen MR) is 325 cm³/mol. The van der Waals surface area contributed by atoms with E-state index in [-0.39, 0.29) is 65.9 Å². The zero-order valence-electron chi connectivity index (χ0n) is 50.1. The molecule has 7 amide bonds. The van der Waals surface area contributed by atoms with Crippen LogP contribution in [0.15, 0.2) is 60.9 Å². The molecule has 1 saturated carbocycles. The highest BCUT2D eigenvalue weighted by Crippen LogP contribution is 2.53. The van der Waals surface area contributed by atoms with Crippen molar-refractivity contribution in [3.05, 3.63) is 94.6 Å². The molecule has 8 aliphatic rings. The zero-order chi connectivity index (χ0) is 59.9. The molecule has 3 aromatic carbocycles. The van der Waals surface area contributed by atoms with Crippen molar-refractivity contribution in [2.75, 3.05) is 74.0 Å². The van der Waals surface area contributed by atoms with Crippen molar-refractivity contribution in [2.24, 2.45) is 11.8 Å². The highest BCUT2D eigenvalue weighted by Gasteiger charge is 2.56. The van der Waals surface area contributed by atoms with Crippen LogP contribution in [0.4, 0.5) is 27.3 Å². The first kappa shape index (κ1) is 57.5. The van der Waals surface area contributed by atoms with Gasteiger partial charge < -0.3 is 39.7 Å². The van der Waals surface area contributed by atoms with E-state index in [1.165, 1.54) is 25.3 Å². The maximum absolute atomic E-state index is 16.0. The van der Waals surface area contributed by atoms with Crippen LogP contribution in [0.2, 0.25) is 0 Å². The molecule has 2 unspecified atom stereocenters. The molecule has 6 fully saturated rings. The van der Waals surface area contributed by atoms with Gasteiger partial charge >= 0.3 is 0 Å². The van der Waals surface area contributed by atoms with Gasteiger partial charge in [-0.15, -0.1) is 0 Å². The number of aryl methyl sites for hydroxylation is 1. The van der Waals surface area contributed by atoms with Gasteiger partial charge in [0.2, 0.25) is 23.6 Å². The Morgan fingerprint density at radius 2 is 1.59 bits per heavy atom. The Labute approximate surface area is 501 Å². The molecule has 9 heterocycles. The van der Waals surface area contributed by atoms with Crippen LogP contribution in [0, 0.1) is 24.6 Å². The molecule has 3 atom stereocenters. The number of rotatable bonds is 14. The van der Waals surface area contributed by atoms with E-state index in [1.807, 2.05) is 41.5 Å². The standard InChI is InChI=1S/C66H79FN12O7/c1-38(2)69-61(82)47-32-51(49(67)27-40(47)5)71-60-59-52(68-37-77(59)39(3)4)33-50(70-60)43-14-15-48-55(29-43)78(45-30-44(31-45)74-22-7-6-8-23-74)65(86)66(48)19-25-75(26-20-66)57(81)28-41-11-10-21-73(34-41)35-42-18-24-76(36-42)53-13-9-12-46-58(53)64(85)79(63(46)84)54-16-17-56(80)72-62(54)83/h9,12-15,27,29,32-33,37-39,41-42,44-45,54H,6-8,10-11,16-26,28,30-31,34-36H2,1-5H3,(H,69,82)(H,70,71)(H,72,80,83)/t41-,42?,44-,45+,54?/m0/s1. The van der Waals surface area contributed by atoms with Crippen LogP contribution >= 0.6 is 0 Å². The van der Waals surface area contributed by atoms with Gasteiger partial charge in [-0.1, -0.05) is 24.6 Å². The Kier molecular flexibility index (Phi) is 15.3. The molecule has 3 N–H and O–H groups in total. The number of halogens is 1. The number of pyridine rings is 1. The summed E-state index contributed by atoms with van der Waals surface area (Å²) < 4.78 is 18.0. The molecule has 5 saturated heterocycles. The number of benzene rings is 3. The summed E-state index contributed by atoms with van der Waals surface area (Å²) in [7, 11) is 0. The van der Waals surface area contributed by atoms with Gasteiger partial charge in [0.05, 0.1) is 45.5 Å². The predicted octanol–water partition coefficient (Wildman–Crippen LogP) is 8.26. The van der Waals surface area contributed by atoms with Gasteiger partial charge in [-0.25, -0.2) is 14.4 Å². The second-order valence-corrected chi connectivity index (χ2v) is 26.3. The summed E-state index contributed by atoms with van der Waals surface area (Å²) in [6.07, 6.45) is 11.8. The Balaban J connectivity index is 0.700. The number of hydrogen-bond donors (Lipinski definition) is 3. The van der Waals surface area contributed by atoms with E-state index in [4.69, 9.17) is 9.97 Å². The van der Waals surface area contributed by atoms with Gasteiger partial charge in [-0.3, -0.25) is 43.8 Å². The number of likely N-dealkylation sites (tertiary alicyclic amines) is 3. The lowest BCUT2D eigenvalue weighted by atomic mass is 9.73. The first-order valence-electron chi connectivity index (χ1n) is 31.5. The molecule has 86 heavy (non-hydrogen) atoms.